The molecular weight excluding hydrogens is 188 g/mol. The van der Waals surface area contributed by atoms with E-state index in [1.165, 1.54) is 12.8 Å². The van der Waals surface area contributed by atoms with Crippen molar-refractivity contribution in [3.05, 3.63) is 0 Å². The summed E-state index contributed by atoms with van der Waals surface area (Å²) in [6.07, 6.45) is 3.48. The van der Waals surface area contributed by atoms with Crippen molar-refractivity contribution in [3.8, 4) is 0 Å². The second-order valence-corrected chi connectivity index (χ2v) is 4.89. The Morgan fingerprint density at radius 2 is 1.87 bits per heavy atom. The van der Waals surface area contributed by atoms with Crippen LogP contribution in [0, 0.1) is 5.92 Å². The summed E-state index contributed by atoms with van der Waals surface area (Å²) in [5.74, 6) is 0.975. The van der Waals surface area contributed by atoms with Gasteiger partial charge in [-0.05, 0) is 38.6 Å². The Kier molecular flexibility index (Phi) is 5.09. The van der Waals surface area contributed by atoms with Gasteiger partial charge in [-0.15, -0.1) is 0 Å². The van der Waals surface area contributed by atoms with Crippen LogP contribution in [0.2, 0.25) is 0 Å². The van der Waals surface area contributed by atoms with Crippen molar-refractivity contribution in [1.29, 1.82) is 0 Å². The van der Waals surface area contributed by atoms with E-state index in [4.69, 9.17) is 0 Å². The summed E-state index contributed by atoms with van der Waals surface area (Å²) in [5, 5.41) is 3.30. The molecule has 3 heteroatoms. The molecule has 1 atom stereocenters. The molecular formula is C12H24N2O. The van der Waals surface area contributed by atoms with Crippen LogP contribution in [0.5, 0.6) is 0 Å². The number of rotatable bonds is 5. The number of carbonyl (C=O) groups excluding carboxylic acids is 1. The van der Waals surface area contributed by atoms with Gasteiger partial charge < -0.3 is 10.2 Å². The van der Waals surface area contributed by atoms with Gasteiger partial charge in [0.15, 0.2) is 0 Å². The highest BCUT2D eigenvalue weighted by atomic mass is 16.2. The molecule has 1 unspecified atom stereocenters. The Morgan fingerprint density at radius 1 is 1.27 bits per heavy atom. The molecule has 1 aliphatic rings. The lowest BCUT2D eigenvalue weighted by molar-refractivity contribution is -0.131. The van der Waals surface area contributed by atoms with Gasteiger partial charge in [-0.1, -0.05) is 13.8 Å². The number of nitrogens with zero attached hydrogens (tertiary/aromatic N) is 1. The van der Waals surface area contributed by atoms with E-state index in [1.54, 1.807) is 0 Å². The van der Waals surface area contributed by atoms with Gasteiger partial charge in [-0.3, -0.25) is 4.79 Å². The molecule has 0 saturated carbocycles. The van der Waals surface area contributed by atoms with Crippen molar-refractivity contribution in [3.63, 3.8) is 0 Å². The van der Waals surface area contributed by atoms with Crippen LogP contribution in [0.15, 0.2) is 0 Å². The number of hydrogen-bond donors (Lipinski definition) is 1. The highest BCUT2D eigenvalue weighted by Crippen LogP contribution is 2.09. The van der Waals surface area contributed by atoms with E-state index in [2.05, 4.69) is 19.2 Å². The van der Waals surface area contributed by atoms with Crippen LogP contribution < -0.4 is 5.32 Å². The van der Waals surface area contributed by atoms with Gasteiger partial charge in [0.25, 0.3) is 0 Å². The second-order valence-electron chi connectivity index (χ2n) is 4.89. The summed E-state index contributed by atoms with van der Waals surface area (Å²) < 4.78 is 0. The lowest BCUT2D eigenvalue weighted by Gasteiger charge is -2.21. The molecule has 0 radical (unpaired) electrons. The van der Waals surface area contributed by atoms with Gasteiger partial charge in [-0.2, -0.15) is 0 Å². The maximum absolute atomic E-state index is 11.9. The maximum Gasteiger partial charge on any atom is 0.239 e. The minimum absolute atomic E-state index is 0.0122. The lowest BCUT2D eigenvalue weighted by Crippen LogP contribution is -2.44. The van der Waals surface area contributed by atoms with E-state index in [9.17, 15) is 4.79 Å². The summed E-state index contributed by atoms with van der Waals surface area (Å²) in [7, 11) is 0. The zero-order valence-corrected chi connectivity index (χ0v) is 10.3. The Balaban J connectivity index is 2.20. The molecule has 1 rings (SSSR count). The SMILES string of the molecule is CC(C)CCNC(C)C(=O)N1CCCC1. The summed E-state index contributed by atoms with van der Waals surface area (Å²) in [6.45, 7) is 9.23. The fourth-order valence-corrected chi connectivity index (χ4v) is 1.89. The molecule has 3 nitrogen and oxygen atoms in total. The van der Waals surface area contributed by atoms with Crippen molar-refractivity contribution < 1.29 is 4.79 Å². The average Bonchev–Trinajstić information content (AvgIpc) is 2.68. The van der Waals surface area contributed by atoms with Gasteiger partial charge in [0.1, 0.15) is 0 Å². The molecule has 15 heavy (non-hydrogen) atoms. The fourth-order valence-electron chi connectivity index (χ4n) is 1.89. The molecule has 88 valence electrons. The molecule has 0 aromatic heterocycles. The summed E-state index contributed by atoms with van der Waals surface area (Å²) in [5.41, 5.74) is 0. The van der Waals surface area contributed by atoms with E-state index in [-0.39, 0.29) is 11.9 Å². The van der Waals surface area contributed by atoms with E-state index < -0.39 is 0 Å². The molecule has 1 amide bonds. The predicted octanol–water partition coefficient (Wildman–Crippen LogP) is 1.63. The average molecular weight is 212 g/mol. The zero-order chi connectivity index (χ0) is 11.3. The Morgan fingerprint density at radius 3 is 2.40 bits per heavy atom. The van der Waals surface area contributed by atoms with Crippen LogP contribution in [0.4, 0.5) is 0 Å². The van der Waals surface area contributed by atoms with Crippen molar-refractivity contribution >= 4 is 5.91 Å². The van der Waals surface area contributed by atoms with Crippen molar-refractivity contribution in [1.82, 2.24) is 10.2 Å². The fraction of sp³-hybridized carbons (Fsp3) is 0.917. The predicted molar refractivity (Wildman–Crippen MR) is 62.7 cm³/mol. The molecule has 0 spiro atoms. The van der Waals surface area contributed by atoms with Gasteiger partial charge >= 0.3 is 0 Å². The maximum atomic E-state index is 11.9. The molecule has 1 fully saturated rings. The van der Waals surface area contributed by atoms with E-state index in [0.717, 1.165) is 26.1 Å². The first kappa shape index (κ1) is 12.5. The van der Waals surface area contributed by atoms with Crippen LogP contribution in [0.1, 0.15) is 40.0 Å². The minimum Gasteiger partial charge on any atom is -0.341 e. The van der Waals surface area contributed by atoms with Crippen LogP contribution >= 0.6 is 0 Å². The molecule has 0 bridgehead atoms. The number of amides is 1. The molecule has 0 aliphatic carbocycles. The molecule has 0 aromatic rings. The molecule has 0 aromatic carbocycles. The highest BCUT2D eigenvalue weighted by molar-refractivity contribution is 5.81. The summed E-state index contributed by atoms with van der Waals surface area (Å²) in [4.78, 5) is 13.9. The third-order valence-electron chi connectivity index (χ3n) is 2.96. The quantitative estimate of drug-likeness (QED) is 0.751. The molecule has 1 N–H and O–H groups in total. The number of carbonyl (C=O) groups is 1. The Labute approximate surface area is 93.2 Å². The summed E-state index contributed by atoms with van der Waals surface area (Å²) >= 11 is 0. The van der Waals surface area contributed by atoms with Crippen LogP contribution in [-0.2, 0) is 4.79 Å². The van der Waals surface area contributed by atoms with Crippen LogP contribution in [0.3, 0.4) is 0 Å². The van der Waals surface area contributed by atoms with E-state index in [0.29, 0.717) is 5.92 Å². The molecule has 1 aliphatic heterocycles. The third kappa shape index (κ3) is 4.20. The standard InChI is InChI=1S/C12H24N2O/c1-10(2)6-7-13-11(3)12(15)14-8-4-5-9-14/h10-11,13H,4-9H2,1-3H3. The van der Waals surface area contributed by atoms with Gasteiger partial charge in [0.2, 0.25) is 5.91 Å². The third-order valence-corrected chi connectivity index (χ3v) is 2.96. The smallest absolute Gasteiger partial charge is 0.239 e. The number of hydrogen-bond acceptors (Lipinski definition) is 2. The van der Waals surface area contributed by atoms with E-state index >= 15 is 0 Å². The summed E-state index contributed by atoms with van der Waals surface area (Å²) in [6, 6.07) is -0.0122. The lowest BCUT2D eigenvalue weighted by atomic mass is 10.1. The Hall–Kier alpha value is -0.570. The van der Waals surface area contributed by atoms with Crippen molar-refractivity contribution in [2.45, 2.75) is 46.1 Å². The normalized spacial score (nSPS) is 18.5. The number of nitrogens with one attached hydrogen (secondary N) is 1. The topological polar surface area (TPSA) is 32.3 Å². The molecule has 1 heterocycles. The minimum atomic E-state index is -0.0122. The van der Waals surface area contributed by atoms with Gasteiger partial charge in [0, 0.05) is 13.1 Å². The van der Waals surface area contributed by atoms with Crippen LogP contribution in [0.25, 0.3) is 0 Å². The monoisotopic (exact) mass is 212 g/mol. The first-order valence-electron chi connectivity index (χ1n) is 6.13. The number of likely N-dealkylation sites (tertiary alicyclic amines) is 1. The van der Waals surface area contributed by atoms with Gasteiger partial charge in [0.05, 0.1) is 6.04 Å². The van der Waals surface area contributed by atoms with Crippen molar-refractivity contribution in [2.75, 3.05) is 19.6 Å². The highest BCUT2D eigenvalue weighted by Gasteiger charge is 2.22. The van der Waals surface area contributed by atoms with Gasteiger partial charge in [-0.25, -0.2) is 0 Å². The van der Waals surface area contributed by atoms with Crippen molar-refractivity contribution in [2.24, 2.45) is 5.92 Å². The largest absolute Gasteiger partial charge is 0.341 e. The molecule has 1 saturated heterocycles. The van der Waals surface area contributed by atoms with E-state index in [1.807, 2.05) is 11.8 Å². The first-order chi connectivity index (χ1) is 7.11. The zero-order valence-electron chi connectivity index (χ0n) is 10.3. The second kappa shape index (κ2) is 6.11. The Bertz CT molecular complexity index is 198. The van der Waals surface area contributed by atoms with Crippen LogP contribution in [-0.4, -0.2) is 36.5 Å². The first-order valence-corrected chi connectivity index (χ1v) is 6.13.